The van der Waals surface area contributed by atoms with Crippen molar-refractivity contribution in [3.63, 3.8) is 0 Å². The quantitative estimate of drug-likeness (QED) is 0.713. The van der Waals surface area contributed by atoms with Crippen LogP contribution in [0.25, 0.3) is 0 Å². The van der Waals surface area contributed by atoms with Gasteiger partial charge in [-0.25, -0.2) is 0 Å². The number of nitrogens with one attached hydrogen (secondary N) is 1. The van der Waals surface area contributed by atoms with Crippen LogP contribution in [0.15, 0.2) is 24.3 Å². The van der Waals surface area contributed by atoms with Crippen LogP contribution in [0.4, 0.5) is 0 Å². The number of carbonyl (C=O) groups excluding carboxylic acids is 2. The molecule has 4 aliphatic carbocycles. The SMILES string of the molecule is CC(C)[C@H](NC(=O)C12CC3CC(CC(C3)C1)C2)C(=O)N1CCC(c2ccc(O)cc2)CC1. The molecular weight excluding hydrogens is 400 g/mol. The molecule has 32 heavy (non-hydrogen) atoms. The lowest BCUT2D eigenvalue weighted by atomic mass is 9.49. The number of carbonyl (C=O) groups is 2. The van der Waals surface area contributed by atoms with Crippen LogP contribution in [0.1, 0.15) is 76.7 Å². The molecule has 0 unspecified atom stereocenters. The molecule has 1 aromatic carbocycles. The molecule has 4 bridgehead atoms. The summed E-state index contributed by atoms with van der Waals surface area (Å²) in [7, 11) is 0. The second-order valence-electron chi connectivity index (χ2n) is 11.6. The minimum Gasteiger partial charge on any atom is -0.508 e. The Morgan fingerprint density at radius 2 is 1.50 bits per heavy atom. The summed E-state index contributed by atoms with van der Waals surface area (Å²) in [5, 5.41) is 12.8. The normalized spacial score (nSPS) is 32.8. The van der Waals surface area contributed by atoms with Crippen molar-refractivity contribution < 1.29 is 14.7 Å². The van der Waals surface area contributed by atoms with E-state index in [1.165, 1.54) is 24.8 Å². The standard InChI is InChI=1S/C27H38N2O3/c1-17(2)24(28-26(32)27-14-18-11-19(15-27)13-20(12-18)16-27)25(31)29-9-7-22(8-10-29)21-3-5-23(30)6-4-21/h3-6,17-20,22,24,30H,7-16H2,1-2H3,(H,28,32)/t18?,19?,20?,24-,27?/m0/s1. The minimum atomic E-state index is -0.430. The molecule has 1 saturated heterocycles. The van der Waals surface area contributed by atoms with E-state index >= 15 is 0 Å². The van der Waals surface area contributed by atoms with Gasteiger partial charge in [0.1, 0.15) is 11.8 Å². The van der Waals surface area contributed by atoms with Crippen LogP contribution in [-0.4, -0.2) is 41.0 Å². The van der Waals surface area contributed by atoms with Gasteiger partial charge >= 0.3 is 0 Å². The molecule has 2 amide bonds. The smallest absolute Gasteiger partial charge is 0.245 e. The number of likely N-dealkylation sites (tertiary alicyclic amines) is 1. The Morgan fingerprint density at radius 3 is 2.00 bits per heavy atom. The van der Waals surface area contributed by atoms with Gasteiger partial charge in [-0.05, 0) is 98.7 Å². The van der Waals surface area contributed by atoms with Crippen LogP contribution < -0.4 is 5.32 Å². The number of benzene rings is 1. The van der Waals surface area contributed by atoms with Crippen LogP contribution in [0, 0.1) is 29.1 Å². The fraction of sp³-hybridized carbons (Fsp3) is 0.704. The molecule has 2 N–H and O–H groups in total. The van der Waals surface area contributed by atoms with Gasteiger partial charge in [-0.1, -0.05) is 26.0 Å². The summed E-state index contributed by atoms with van der Waals surface area (Å²) in [6.45, 7) is 5.54. The number of phenolic OH excluding ortho intramolecular Hbond substituents is 1. The van der Waals surface area contributed by atoms with Crippen molar-refractivity contribution in [2.45, 2.75) is 77.2 Å². The Morgan fingerprint density at radius 1 is 0.969 bits per heavy atom. The summed E-state index contributed by atoms with van der Waals surface area (Å²) in [6, 6.07) is 7.02. The van der Waals surface area contributed by atoms with E-state index < -0.39 is 6.04 Å². The molecule has 1 aliphatic heterocycles. The van der Waals surface area contributed by atoms with E-state index in [0.29, 0.717) is 5.92 Å². The van der Waals surface area contributed by atoms with Gasteiger partial charge in [0.05, 0.1) is 0 Å². The first-order chi connectivity index (χ1) is 15.3. The fourth-order valence-corrected chi connectivity index (χ4v) is 7.57. The van der Waals surface area contributed by atoms with Gasteiger partial charge in [0, 0.05) is 18.5 Å². The average molecular weight is 439 g/mol. The number of aromatic hydroxyl groups is 1. The van der Waals surface area contributed by atoms with E-state index in [1.54, 1.807) is 12.1 Å². The molecule has 6 rings (SSSR count). The Hall–Kier alpha value is -2.04. The van der Waals surface area contributed by atoms with Crippen molar-refractivity contribution in [3.8, 4) is 5.75 Å². The third kappa shape index (κ3) is 4.04. The summed E-state index contributed by atoms with van der Waals surface area (Å²) >= 11 is 0. The molecule has 5 heteroatoms. The molecule has 4 saturated carbocycles. The van der Waals surface area contributed by atoms with Crippen molar-refractivity contribution >= 4 is 11.8 Å². The lowest BCUT2D eigenvalue weighted by molar-refractivity contribution is -0.151. The van der Waals surface area contributed by atoms with E-state index in [-0.39, 0.29) is 28.9 Å². The highest BCUT2D eigenvalue weighted by Crippen LogP contribution is 2.60. The van der Waals surface area contributed by atoms with Gasteiger partial charge < -0.3 is 15.3 Å². The van der Waals surface area contributed by atoms with Crippen LogP contribution in [0.3, 0.4) is 0 Å². The maximum Gasteiger partial charge on any atom is 0.245 e. The third-order valence-corrected chi connectivity index (χ3v) is 8.91. The molecule has 5 aliphatic rings. The van der Waals surface area contributed by atoms with Crippen molar-refractivity contribution in [3.05, 3.63) is 29.8 Å². The maximum absolute atomic E-state index is 13.6. The van der Waals surface area contributed by atoms with Gasteiger partial charge in [0.2, 0.25) is 11.8 Å². The van der Waals surface area contributed by atoms with Crippen molar-refractivity contribution in [2.24, 2.45) is 29.1 Å². The highest BCUT2D eigenvalue weighted by atomic mass is 16.3. The van der Waals surface area contributed by atoms with E-state index in [1.807, 2.05) is 30.9 Å². The molecule has 0 radical (unpaired) electrons. The molecule has 5 fully saturated rings. The molecular formula is C27H38N2O3. The Balaban J connectivity index is 1.22. The van der Waals surface area contributed by atoms with Crippen LogP contribution >= 0.6 is 0 Å². The van der Waals surface area contributed by atoms with E-state index in [9.17, 15) is 14.7 Å². The topological polar surface area (TPSA) is 69.6 Å². The first kappa shape index (κ1) is 21.8. The Bertz CT molecular complexity index is 819. The summed E-state index contributed by atoms with van der Waals surface area (Å²) in [5.41, 5.74) is 1.01. The summed E-state index contributed by atoms with van der Waals surface area (Å²) < 4.78 is 0. The number of phenols is 1. The molecule has 0 aromatic heterocycles. The number of hydrogen-bond donors (Lipinski definition) is 2. The number of amides is 2. The predicted octanol–water partition coefficient (Wildman–Crippen LogP) is 4.46. The van der Waals surface area contributed by atoms with E-state index in [2.05, 4.69) is 5.32 Å². The average Bonchev–Trinajstić information content (AvgIpc) is 2.76. The second-order valence-corrected chi connectivity index (χ2v) is 11.6. The van der Waals surface area contributed by atoms with Gasteiger partial charge in [0.25, 0.3) is 0 Å². The van der Waals surface area contributed by atoms with E-state index in [4.69, 9.17) is 0 Å². The Kier molecular flexibility index (Phi) is 5.71. The van der Waals surface area contributed by atoms with Crippen molar-refractivity contribution in [1.29, 1.82) is 0 Å². The summed E-state index contributed by atoms with van der Waals surface area (Å²) in [4.78, 5) is 29.0. The Labute approximate surface area is 191 Å². The monoisotopic (exact) mass is 438 g/mol. The van der Waals surface area contributed by atoms with Gasteiger partial charge in [0.15, 0.2) is 0 Å². The van der Waals surface area contributed by atoms with Gasteiger partial charge in [-0.15, -0.1) is 0 Å². The maximum atomic E-state index is 13.6. The zero-order valence-corrected chi connectivity index (χ0v) is 19.6. The number of rotatable bonds is 5. The fourth-order valence-electron chi connectivity index (χ4n) is 7.57. The second kappa shape index (κ2) is 8.39. The molecule has 174 valence electrons. The lowest BCUT2D eigenvalue weighted by Gasteiger charge is -2.56. The van der Waals surface area contributed by atoms with Crippen LogP contribution in [0.2, 0.25) is 0 Å². The molecule has 5 nitrogen and oxygen atoms in total. The number of nitrogens with zero attached hydrogens (tertiary/aromatic N) is 1. The predicted molar refractivity (Wildman–Crippen MR) is 124 cm³/mol. The lowest BCUT2D eigenvalue weighted by Crippen LogP contribution is -2.59. The largest absolute Gasteiger partial charge is 0.508 e. The number of piperidine rings is 1. The first-order valence-corrected chi connectivity index (χ1v) is 12.7. The van der Waals surface area contributed by atoms with Crippen LogP contribution in [0.5, 0.6) is 5.75 Å². The molecule has 1 heterocycles. The number of hydrogen-bond acceptors (Lipinski definition) is 3. The van der Waals surface area contributed by atoms with Crippen LogP contribution in [-0.2, 0) is 9.59 Å². The first-order valence-electron chi connectivity index (χ1n) is 12.7. The summed E-state index contributed by atoms with van der Waals surface area (Å²) in [6.07, 6.45) is 8.87. The third-order valence-electron chi connectivity index (χ3n) is 8.91. The zero-order chi connectivity index (χ0) is 22.5. The van der Waals surface area contributed by atoms with Gasteiger partial charge in [-0.3, -0.25) is 9.59 Å². The highest BCUT2D eigenvalue weighted by molar-refractivity contribution is 5.90. The highest BCUT2D eigenvalue weighted by Gasteiger charge is 2.55. The molecule has 1 aromatic rings. The molecule has 0 spiro atoms. The molecule has 1 atom stereocenters. The zero-order valence-electron chi connectivity index (χ0n) is 19.6. The van der Waals surface area contributed by atoms with Gasteiger partial charge in [-0.2, -0.15) is 0 Å². The summed E-state index contributed by atoms with van der Waals surface area (Å²) in [5.74, 6) is 3.19. The van der Waals surface area contributed by atoms with E-state index in [0.717, 1.165) is 62.9 Å². The minimum absolute atomic E-state index is 0.0789. The van der Waals surface area contributed by atoms with Crippen molar-refractivity contribution in [1.82, 2.24) is 10.2 Å². The van der Waals surface area contributed by atoms with Crippen molar-refractivity contribution in [2.75, 3.05) is 13.1 Å².